The SMILES string of the molecule is CN=CC(=CN)c1cc2c(cc1C(F)F)N(C(=N)C1=C(NC3CCN(C(=O)CCl)CC3)CCN(C(C)=O)C1)CCC2. The highest BCUT2D eigenvalue weighted by molar-refractivity contribution is 6.27. The van der Waals surface area contributed by atoms with Gasteiger partial charge in [0.15, 0.2) is 0 Å². The minimum absolute atomic E-state index is 0.0342. The van der Waals surface area contributed by atoms with Crippen LogP contribution >= 0.6 is 11.6 Å². The first-order chi connectivity index (χ1) is 19.7. The van der Waals surface area contributed by atoms with Crippen molar-refractivity contribution in [3.8, 4) is 0 Å². The number of hydrogen-bond acceptors (Lipinski definition) is 6. The molecule has 2 amide bonds. The number of nitrogens with zero attached hydrogens (tertiary/aromatic N) is 4. The van der Waals surface area contributed by atoms with Crippen LogP contribution in [-0.4, -0.2) is 85.4 Å². The molecule has 0 radical (unpaired) electrons. The average Bonchev–Trinajstić information content (AvgIpc) is 2.98. The lowest BCUT2D eigenvalue weighted by atomic mass is 9.91. The molecule has 0 aliphatic carbocycles. The van der Waals surface area contributed by atoms with E-state index < -0.39 is 6.43 Å². The molecule has 3 aliphatic heterocycles. The number of aryl methyl sites for hydroxylation is 1. The van der Waals surface area contributed by atoms with Crippen LogP contribution in [0.5, 0.6) is 0 Å². The monoisotopic (exact) mass is 589 g/mol. The Morgan fingerprint density at radius 1 is 1.20 bits per heavy atom. The molecule has 1 aromatic rings. The molecule has 0 bridgehead atoms. The van der Waals surface area contributed by atoms with Gasteiger partial charge in [-0.25, -0.2) is 8.78 Å². The summed E-state index contributed by atoms with van der Waals surface area (Å²) < 4.78 is 28.6. The molecule has 3 heterocycles. The number of carbonyl (C=O) groups excluding carboxylic acids is 2. The predicted molar refractivity (Wildman–Crippen MR) is 159 cm³/mol. The first-order valence-electron chi connectivity index (χ1n) is 13.9. The summed E-state index contributed by atoms with van der Waals surface area (Å²) in [4.78, 5) is 33.5. The number of halogens is 3. The van der Waals surface area contributed by atoms with Gasteiger partial charge in [0.05, 0.1) is 6.54 Å². The molecule has 9 nitrogen and oxygen atoms in total. The van der Waals surface area contributed by atoms with Gasteiger partial charge in [-0.2, -0.15) is 0 Å². The summed E-state index contributed by atoms with van der Waals surface area (Å²) in [5.41, 5.74) is 9.34. The molecule has 0 aromatic heterocycles. The topological polar surface area (TPSA) is 118 Å². The van der Waals surface area contributed by atoms with Crippen molar-refractivity contribution in [1.29, 1.82) is 5.41 Å². The highest BCUT2D eigenvalue weighted by atomic mass is 35.5. The van der Waals surface area contributed by atoms with Crippen LogP contribution in [-0.2, 0) is 16.0 Å². The normalized spacial score (nSPS) is 18.8. The van der Waals surface area contributed by atoms with Gasteiger partial charge in [-0.05, 0) is 48.9 Å². The van der Waals surface area contributed by atoms with Gasteiger partial charge in [-0.3, -0.25) is 20.0 Å². The van der Waals surface area contributed by atoms with Gasteiger partial charge in [-0.15, -0.1) is 11.6 Å². The summed E-state index contributed by atoms with van der Waals surface area (Å²) in [6.07, 6.45) is 3.47. The lowest BCUT2D eigenvalue weighted by Gasteiger charge is -2.39. The zero-order valence-corrected chi connectivity index (χ0v) is 24.3. The predicted octanol–water partition coefficient (Wildman–Crippen LogP) is 3.68. The van der Waals surface area contributed by atoms with Crippen molar-refractivity contribution < 1.29 is 18.4 Å². The molecule has 3 aliphatic rings. The summed E-state index contributed by atoms with van der Waals surface area (Å²) in [6.45, 7) is 4.00. The molecule has 4 rings (SSSR count). The number of allylic oxidation sites excluding steroid dienone is 1. The first kappa shape index (κ1) is 30.5. The highest BCUT2D eigenvalue weighted by Gasteiger charge is 2.32. The summed E-state index contributed by atoms with van der Waals surface area (Å²) >= 11 is 5.72. The molecule has 0 spiro atoms. The molecule has 0 saturated carbocycles. The number of nitrogens with two attached hydrogens (primary N) is 1. The van der Waals surface area contributed by atoms with E-state index in [0.717, 1.165) is 30.5 Å². The van der Waals surface area contributed by atoms with E-state index in [4.69, 9.17) is 17.3 Å². The lowest BCUT2D eigenvalue weighted by molar-refractivity contribution is -0.129. The Morgan fingerprint density at radius 2 is 1.93 bits per heavy atom. The number of likely N-dealkylation sites (tertiary alicyclic amines) is 1. The number of aliphatic imine (C=N–C) groups is 1. The second kappa shape index (κ2) is 13.5. The third-order valence-corrected chi connectivity index (χ3v) is 8.28. The van der Waals surface area contributed by atoms with E-state index in [0.29, 0.717) is 61.4 Å². The molecule has 1 fully saturated rings. The van der Waals surface area contributed by atoms with Crippen molar-refractivity contribution in [3.05, 3.63) is 46.3 Å². The quantitative estimate of drug-likeness (QED) is 0.255. The first-order valence-corrected chi connectivity index (χ1v) is 14.5. The minimum atomic E-state index is -2.75. The zero-order valence-electron chi connectivity index (χ0n) is 23.6. The minimum Gasteiger partial charge on any atom is -0.404 e. The lowest BCUT2D eigenvalue weighted by Crippen LogP contribution is -2.48. The van der Waals surface area contributed by atoms with Gasteiger partial charge >= 0.3 is 0 Å². The maximum absolute atomic E-state index is 14.3. The van der Waals surface area contributed by atoms with E-state index in [-0.39, 0.29) is 41.7 Å². The number of rotatable bonds is 7. The van der Waals surface area contributed by atoms with Gasteiger partial charge < -0.3 is 25.8 Å². The van der Waals surface area contributed by atoms with Gasteiger partial charge in [0.25, 0.3) is 6.43 Å². The van der Waals surface area contributed by atoms with Crippen LogP contribution in [0, 0.1) is 5.41 Å². The van der Waals surface area contributed by atoms with Gasteiger partial charge in [0.1, 0.15) is 11.7 Å². The maximum atomic E-state index is 14.3. The molecule has 12 heteroatoms. The number of alkyl halides is 3. The highest BCUT2D eigenvalue weighted by Crippen LogP contribution is 2.38. The Labute approximate surface area is 244 Å². The van der Waals surface area contributed by atoms with Crippen LogP contribution in [0.4, 0.5) is 14.5 Å². The molecule has 41 heavy (non-hydrogen) atoms. The van der Waals surface area contributed by atoms with Crippen molar-refractivity contribution in [3.63, 3.8) is 0 Å². The van der Waals surface area contributed by atoms with Crippen molar-refractivity contribution in [1.82, 2.24) is 15.1 Å². The Kier molecular flexibility index (Phi) is 10.0. The maximum Gasteiger partial charge on any atom is 0.264 e. The molecule has 0 unspecified atom stereocenters. The number of fused-ring (bicyclic) bond motifs is 1. The van der Waals surface area contributed by atoms with Crippen molar-refractivity contribution in [2.45, 2.75) is 51.5 Å². The Bertz CT molecular complexity index is 1270. The van der Waals surface area contributed by atoms with Crippen LogP contribution < -0.4 is 16.0 Å². The Balaban J connectivity index is 1.67. The molecular weight excluding hydrogens is 552 g/mol. The smallest absolute Gasteiger partial charge is 0.264 e. The molecule has 1 saturated heterocycles. The van der Waals surface area contributed by atoms with E-state index in [2.05, 4.69) is 10.3 Å². The fourth-order valence-corrected chi connectivity index (χ4v) is 6.00. The van der Waals surface area contributed by atoms with Crippen LogP contribution in [0.1, 0.15) is 55.7 Å². The largest absolute Gasteiger partial charge is 0.404 e. The standard InChI is InChI=1S/C29H38ClF2N7O2/c1-18(40)38-11-7-25(36-21-5-9-37(10-6-21)27(41)14-30)24(17-38)29(34)39-8-3-4-19-12-22(20(15-33)16-35-2)23(28(31)32)13-26(19)39/h12-13,15-16,21,28,34,36H,3-11,14,17,33H2,1-2H3. The number of amidine groups is 1. The molecule has 0 atom stereocenters. The van der Waals surface area contributed by atoms with Crippen LogP contribution in [0.2, 0.25) is 0 Å². The third-order valence-electron chi connectivity index (χ3n) is 8.05. The molecule has 4 N–H and O–H groups in total. The summed E-state index contributed by atoms with van der Waals surface area (Å²) in [5, 5.41) is 12.9. The van der Waals surface area contributed by atoms with E-state index >= 15 is 0 Å². The second-order valence-corrected chi connectivity index (χ2v) is 10.8. The van der Waals surface area contributed by atoms with E-state index in [1.54, 1.807) is 27.8 Å². The molecule has 1 aromatic carbocycles. The number of benzene rings is 1. The number of hydrogen-bond donors (Lipinski definition) is 3. The van der Waals surface area contributed by atoms with Crippen LogP contribution in [0.25, 0.3) is 5.57 Å². The van der Waals surface area contributed by atoms with Crippen molar-refractivity contribution in [2.75, 3.05) is 50.6 Å². The zero-order chi connectivity index (χ0) is 29.7. The Morgan fingerprint density at radius 3 is 2.54 bits per heavy atom. The molecule has 222 valence electrons. The van der Waals surface area contributed by atoms with Crippen LogP contribution in [0.3, 0.4) is 0 Å². The number of anilines is 1. The summed E-state index contributed by atoms with van der Waals surface area (Å²) in [6, 6.07) is 3.32. The number of piperidine rings is 1. The average molecular weight is 590 g/mol. The van der Waals surface area contributed by atoms with Gasteiger partial charge in [0.2, 0.25) is 11.8 Å². The molecular formula is C29H38ClF2N7O2. The summed E-state index contributed by atoms with van der Waals surface area (Å²) in [5.74, 6) is 0.0113. The van der Waals surface area contributed by atoms with E-state index in [1.165, 1.54) is 25.4 Å². The fraction of sp³-hybridized carbons (Fsp3) is 0.517. The van der Waals surface area contributed by atoms with E-state index in [9.17, 15) is 23.8 Å². The fourth-order valence-electron chi connectivity index (χ4n) is 5.83. The van der Waals surface area contributed by atoms with E-state index in [1.807, 2.05) is 0 Å². The second-order valence-electron chi connectivity index (χ2n) is 10.6. The van der Waals surface area contributed by atoms with Crippen molar-refractivity contribution in [2.24, 2.45) is 10.7 Å². The number of carbonyl (C=O) groups is 2. The number of amides is 2. The third kappa shape index (κ3) is 6.72. The van der Waals surface area contributed by atoms with Gasteiger partial charge in [0, 0.05) is 93.1 Å². The van der Waals surface area contributed by atoms with Gasteiger partial charge in [-0.1, -0.05) is 0 Å². The number of nitrogens with one attached hydrogen (secondary N) is 2. The van der Waals surface area contributed by atoms with Crippen molar-refractivity contribution >= 4 is 46.7 Å². The summed E-state index contributed by atoms with van der Waals surface area (Å²) in [7, 11) is 1.56. The Hall–Kier alpha value is -3.47. The van der Waals surface area contributed by atoms with Crippen LogP contribution in [0.15, 0.2) is 34.6 Å².